The van der Waals surface area contributed by atoms with E-state index in [-0.39, 0.29) is 5.91 Å². The maximum absolute atomic E-state index is 12.7. The summed E-state index contributed by atoms with van der Waals surface area (Å²) >= 11 is 0. The zero-order valence-electron chi connectivity index (χ0n) is 15.4. The van der Waals surface area contributed by atoms with Crippen molar-refractivity contribution in [3.63, 3.8) is 0 Å². The SMILES string of the molecule is CCc1cccc(NC(=O)c2ccccc2OCCOc2ccccc2)c1. The Morgan fingerprint density at radius 1 is 0.852 bits per heavy atom. The number of benzene rings is 3. The lowest BCUT2D eigenvalue weighted by Crippen LogP contribution is -2.15. The number of nitrogens with one attached hydrogen (secondary N) is 1. The lowest BCUT2D eigenvalue weighted by Gasteiger charge is -2.13. The summed E-state index contributed by atoms with van der Waals surface area (Å²) in [6.07, 6.45) is 0.921. The largest absolute Gasteiger partial charge is 0.490 e. The molecule has 0 aliphatic carbocycles. The quantitative estimate of drug-likeness (QED) is 0.577. The Bertz CT molecular complexity index is 878. The molecule has 0 spiro atoms. The van der Waals surface area contributed by atoms with Gasteiger partial charge in [0.1, 0.15) is 24.7 Å². The molecular formula is C23H23NO3. The fourth-order valence-electron chi connectivity index (χ4n) is 2.68. The van der Waals surface area contributed by atoms with Crippen LogP contribution in [0.1, 0.15) is 22.8 Å². The van der Waals surface area contributed by atoms with Gasteiger partial charge < -0.3 is 14.8 Å². The molecule has 0 saturated carbocycles. The molecule has 1 N–H and O–H groups in total. The van der Waals surface area contributed by atoms with Crippen molar-refractivity contribution in [2.24, 2.45) is 0 Å². The number of carbonyl (C=O) groups is 1. The molecule has 27 heavy (non-hydrogen) atoms. The van der Waals surface area contributed by atoms with Gasteiger partial charge in [-0.25, -0.2) is 0 Å². The van der Waals surface area contributed by atoms with Gasteiger partial charge in [-0.05, 0) is 48.4 Å². The third kappa shape index (κ3) is 5.35. The van der Waals surface area contributed by atoms with E-state index in [1.807, 2.05) is 66.7 Å². The molecule has 3 rings (SSSR count). The van der Waals surface area contributed by atoms with Gasteiger partial charge in [0.05, 0.1) is 5.56 Å². The van der Waals surface area contributed by atoms with Crippen LogP contribution in [0.25, 0.3) is 0 Å². The lowest BCUT2D eigenvalue weighted by atomic mass is 10.1. The molecule has 4 nitrogen and oxygen atoms in total. The molecule has 0 unspecified atom stereocenters. The first-order valence-corrected chi connectivity index (χ1v) is 9.06. The fraction of sp³-hybridized carbons (Fsp3) is 0.174. The molecule has 0 atom stereocenters. The minimum atomic E-state index is -0.192. The predicted molar refractivity (Wildman–Crippen MR) is 108 cm³/mol. The Morgan fingerprint density at radius 3 is 2.41 bits per heavy atom. The molecule has 0 aliphatic rings. The predicted octanol–water partition coefficient (Wildman–Crippen LogP) is 4.96. The van der Waals surface area contributed by atoms with E-state index >= 15 is 0 Å². The zero-order chi connectivity index (χ0) is 18.9. The summed E-state index contributed by atoms with van der Waals surface area (Å²) in [5.41, 5.74) is 2.45. The van der Waals surface area contributed by atoms with Crippen LogP contribution in [0, 0.1) is 0 Å². The van der Waals surface area contributed by atoms with E-state index in [1.165, 1.54) is 5.56 Å². The number of ether oxygens (including phenoxy) is 2. The van der Waals surface area contributed by atoms with E-state index in [1.54, 1.807) is 12.1 Å². The summed E-state index contributed by atoms with van der Waals surface area (Å²) in [4.78, 5) is 12.7. The maximum atomic E-state index is 12.7. The van der Waals surface area contributed by atoms with Crippen LogP contribution in [0.5, 0.6) is 11.5 Å². The van der Waals surface area contributed by atoms with Crippen molar-refractivity contribution in [2.45, 2.75) is 13.3 Å². The van der Waals surface area contributed by atoms with Crippen LogP contribution in [-0.2, 0) is 6.42 Å². The van der Waals surface area contributed by atoms with Gasteiger partial charge in [-0.2, -0.15) is 0 Å². The summed E-state index contributed by atoms with van der Waals surface area (Å²) in [5, 5.41) is 2.94. The second kappa shape index (κ2) is 9.43. The standard InChI is InChI=1S/C23H23NO3/c1-2-18-9-8-10-19(17-18)24-23(25)21-13-6-7-14-22(21)27-16-15-26-20-11-4-3-5-12-20/h3-14,17H,2,15-16H2,1H3,(H,24,25). The highest BCUT2D eigenvalue weighted by Gasteiger charge is 2.12. The van der Waals surface area contributed by atoms with Gasteiger partial charge in [0.15, 0.2) is 0 Å². The van der Waals surface area contributed by atoms with E-state index in [2.05, 4.69) is 12.2 Å². The molecule has 0 aliphatic heterocycles. The van der Waals surface area contributed by atoms with E-state index in [4.69, 9.17) is 9.47 Å². The number of anilines is 1. The maximum Gasteiger partial charge on any atom is 0.259 e. The van der Waals surface area contributed by atoms with Crippen molar-refractivity contribution >= 4 is 11.6 Å². The Morgan fingerprint density at radius 2 is 1.59 bits per heavy atom. The molecule has 0 saturated heterocycles. The van der Waals surface area contributed by atoms with E-state index < -0.39 is 0 Å². The van der Waals surface area contributed by atoms with Crippen molar-refractivity contribution in [1.82, 2.24) is 0 Å². The second-order valence-corrected chi connectivity index (χ2v) is 6.01. The third-order valence-corrected chi connectivity index (χ3v) is 4.08. The molecule has 4 heteroatoms. The van der Waals surface area contributed by atoms with Crippen molar-refractivity contribution in [1.29, 1.82) is 0 Å². The molecule has 1 amide bonds. The first-order chi connectivity index (χ1) is 13.3. The second-order valence-electron chi connectivity index (χ2n) is 6.01. The highest BCUT2D eigenvalue weighted by molar-refractivity contribution is 6.06. The number of hydrogen-bond donors (Lipinski definition) is 1. The number of rotatable bonds is 8. The van der Waals surface area contributed by atoms with Crippen LogP contribution in [-0.4, -0.2) is 19.1 Å². The van der Waals surface area contributed by atoms with Crippen molar-refractivity contribution in [3.05, 3.63) is 90.0 Å². The van der Waals surface area contributed by atoms with Crippen LogP contribution in [0.3, 0.4) is 0 Å². The van der Waals surface area contributed by atoms with E-state index in [0.29, 0.717) is 24.5 Å². The Labute approximate surface area is 159 Å². The van der Waals surface area contributed by atoms with Crippen molar-refractivity contribution in [3.8, 4) is 11.5 Å². The third-order valence-electron chi connectivity index (χ3n) is 4.08. The van der Waals surface area contributed by atoms with Crippen LogP contribution < -0.4 is 14.8 Å². The van der Waals surface area contributed by atoms with Crippen LogP contribution in [0.2, 0.25) is 0 Å². The highest BCUT2D eigenvalue weighted by atomic mass is 16.5. The minimum Gasteiger partial charge on any atom is -0.490 e. The Kier molecular flexibility index (Phi) is 6.47. The molecule has 0 heterocycles. The van der Waals surface area contributed by atoms with E-state index in [0.717, 1.165) is 17.9 Å². The summed E-state index contributed by atoms with van der Waals surface area (Å²) in [7, 11) is 0. The molecule has 0 fully saturated rings. The number of amides is 1. The number of aryl methyl sites for hydroxylation is 1. The molecule has 3 aromatic rings. The van der Waals surface area contributed by atoms with Gasteiger partial charge in [0, 0.05) is 5.69 Å². The molecule has 0 aromatic heterocycles. The molecule has 0 bridgehead atoms. The minimum absolute atomic E-state index is 0.192. The van der Waals surface area contributed by atoms with Crippen LogP contribution in [0.15, 0.2) is 78.9 Å². The van der Waals surface area contributed by atoms with Gasteiger partial charge in [-0.3, -0.25) is 4.79 Å². The van der Waals surface area contributed by atoms with Gasteiger partial charge in [-0.15, -0.1) is 0 Å². The lowest BCUT2D eigenvalue weighted by molar-refractivity contribution is 0.102. The van der Waals surface area contributed by atoms with Crippen LogP contribution in [0.4, 0.5) is 5.69 Å². The Hall–Kier alpha value is -3.27. The fourth-order valence-corrected chi connectivity index (χ4v) is 2.68. The average molecular weight is 361 g/mol. The molecule has 0 radical (unpaired) electrons. The first-order valence-electron chi connectivity index (χ1n) is 9.06. The summed E-state index contributed by atoms with van der Waals surface area (Å²) in [5.74, 6) is 1.14. The van der Waals surface area contributed by atoms with E-state index in [9.17, 15) is 4.79 Å². The summed E-state index contributed by atoms with van der Waals surface area (Å²) in [6, 6.07) is 24.6. The average Bonchev–Trinajstić information content (AvgIpc) is 2.72. The smallest absolute Gasteiger partial charge is 0.259 e. The van der Waals surface area contributed by atoms with Gasteiger partial charge in [0.25, 0.3) is 5.91 Å². The van der Waals surface area contributed by atoms with Crippen molar-refractivity contribution in [2.75, 3.05) is 18.5 Å². The summed E-state index contributed by atoms with van der Waals surface area (Å²) in [6.45, 7) is 2.84. The molecule has 3 aromatic carbocycles. The molecular weight excluding hydrogens is 338 g/mol. The highest BCUT2D eigenvalue weighted by Crippen LogP contribution is 2.20. The van der Waals surface area contributed by atoms with Crippen LogP contribution >= 0.6 is 0 Å². The number of para-hydroxylation sites is 2. The summed E-state index contributed by atoms with van der Waals surface area (Å²) < 4.78 is 11.4. The number of hydrogen-bond acceptors (Lipinski definition) is 3. The number of carbonyl (C=O) groups excluding carboxylic acids is 1. The monoisotopic (exact) mass is 361 g/mol. The normalized spacial score (nSPS) is 10.3. The topological polar surface area (TPSA) is 47.6 Å². The van der Waals surface area contributed by atoms with Crippen molar-refractivity contribution < 1.29 is 14.3 Å². The van der Waals surface area contributed by atoms with Gasteiger partial charge in [0.2, 0.25) is 0 Å². The van der Waals surface area contributed by atoms with Gasteiger partial charge >= 0.3 is 0 Å². The molecule has 138 valence electrons. The first kappa shape index (κ1) is 18.5. The zero-order valence-corrected chi connectivity index (χ0v) is 15.4. The Balaban J connectivity index is 1.60. The van der Waals surface area contributed by atoms with Gasteiger partial charge in [-0.1, -0.05) is 49.4 Å².